The van der Waals surface area contributed by atoms with Gasteiger partial charge in [-0.1, -0.05) is 0 Å². The van der Waals surface area contributed by atoms with E-state index in [4.69, 9.17) is 0 Å². The fourth-order valence-corrected chi connectivity index (χ4v) is 1.56. The molecule has 0 saturated heterocycles. The Kier molecular flexibility index (Phi) is 11.3. The largest absolute Gasteiger partial charge is 2.00 e. The van der Waals surface area contributed by atoms with Crippen molar-refractivity contribution in [2.45, 2.75) is 4.86 Å². The fraction of sp³-hybridized carbons (Fsp3) is 1.00. The van der Waals surface area contributed by atoms with Gasteiger partial charge in [-0.25, -0.2) is 0 Å². The van der Waals surface area contributed by atoms with Crippen LogP contribution in [-0.4, -0.2) is 4.86 Å². The van der Waals surface area contributed by atoms with E-state index >= 15 is 0 Å². The summed E-state index contributed by atoms with van der Waals surface area (Å²) in [5.74, 6) is 0. The second-order valence-electron chi connectivity index (χ2n) is 1.39. The smallest absolute Gasteiger partial charge is 0.809 e. The van der Waals surface area contributed by atoms with Crippen molar-refractivity contribution < 1.29 is 83.3 Å². The van der Waals surface area contributed by atoms with Gasteiger partial charge in [0.05, 0.1) is 4.86 Å². The average molecular weight is 431 g/mol. The number of hydrogen-bond acceptors (Lipinski definition) is 6. The zero-order valence-electron chi connectivity index (χ0n) is 5.71. The van der Waals surface area contributed by atoms with Gasteiger partial charge in [-0.05, 0) is 15.2 Å². The molecule has 0 unspecified atom stereocenters. The van der Waals surface area contributed by atoms with Crippen LogP contribution in [-0.2, 0) is 63.7 Å². The molecular weight excluding hydrogens is 430 g/mol. The predicted octanol–water partition coefficient (Wildman–Crippen LogP) is -2.67. The molecule has 0 amide bonds. The third-order valence-corrected chi connectivity index (χ3v) is 4.70. The molecule has 0 aliphatic carbocycles. The minimum absolute atomic E-state index is 0. The number of halogens is 1. The van der Waals surface area contributed by atoms with Gasteiger partial charge >= 0.3 is 54.6 Å². The maximum atomic E-state index is 9.75. The van der Waals surface area contributed by atoms with Crippen LogP contribution in [0.5, 0.6) is 0 Å². The molecule has 0 aromatic heterocycles. The molecule has 0 fully saturated rings. The molecule has 12 heavy (non-hydrogen) atoms. The number of alkyl halides is 1. The molecule has 62 valence electrons. The first-order chi connectivity index (χ1) is 4.15. The molecule has 0 saturated carbocycles. The van der Waals surface area contributed by atoms with Gasteiger partial charge in [-0.3, -0.25) is 0 Å². The van der Waals surface area contributed by atoms with Gasteiger partial charge in [-0.15, -0.1) is 11.6 Å². The topological polar surface area (TPSA) is 126 Å². The van der Waals surface area contributed by atoms with E-state index in [1.54, 1.807) is 0 Å². The van der Waals surface area contributed by atoms with Gasteiger partial charge in [-0.2, -0.15) is 0 Å². The van der Waals surface area contributed by atoms with Crippen LogP contribution < -0.4 is 19.6 Å². The average Bonchev–Trinajstić information content (AvgIpc) is 1.59. The van der Waals surface area contributed by atoms with E-state index in [-0.39, 0.29) is 54.6 Å². The summed E-state index contributed by atoms with van der Waals surface area (Å²) < 4.78 is 19.5. The first-order valence-electron chi connectivity index (χ1n) is 1.83. The quantitative estimate of drug-likeness (QED) is 0.267. The summed E-state index contributed by atoms with van der Waals surface area (Å²) in [4.78, 5) is 36.1. The summed E-state index contributed by atoms with van der Waals surface area (Å²) in [5.41, 5.74) is 0. The first-order valence-corrected chi connectivity index (χ1v) is 5.49. The maximum Gasteiger partial charge on any atom is 2.00 e. The van der Waals surface area contributed by atoms with Gasteiger partial charge in [0.1, 0.15) is 0 Å². The Morgan fingerprint density at radius 2 is 1.08 bits per heavy atom. The molecule has 0 atom stereocenters. The van der Waals surface area contributed by atoms with Crippen molar-refractivity contribution in [2.75, 3.05) is 0 Å². The number of hydrogen-bond donors (Lipinski definition) is 0. The van der Waals surface area contributed by atoms with Crippen LogP contribution in [0.1, 0.15) is 0 Å². The Morgan fingerprint density at radius 3 is 1.08 bits per heavy atom. The fourth-order valence-electron chi connectivity index (χ4n) is 0.173. The molecule has 0 N–H and O–H groups in total. The van der Waals surface area contributed by atoms with Gasteiger partial charge in [0.25, 0.3) is 0 Å². The zero-order chi connectivity index (χ0) is 8.58. The van der Waals surface area contributed by atoms with Crippen molar-refractivity contribution in [2.24, 2.45) is 0 Å². The molecule has 0 aromatic rings. The van der Waals surface area contributed by atoms with Crippen LogP contribution in [0.3, 0.4) is 0 Å². The van der Waals surface area contributed by atoms with Crippen molar-refractivity contribution in [1.82, 2.24) is 0 Å². The molecule has 11 heteroatoms. The van der Waals surface area contributed by atoms with Gasteiger partial charge in [0, 0.05) is 0 Å². The normalized spacial score (nSPS) is 11.8. The minimum atomic E-state index is -5.50. The van der Waals surface area contributed by atoms with Crippen LogP contribution in [0.15, 0.2) is 0 Å². The second-order valence-corrected chi connectivity index (χ2v) is 6.03. The molecule has 0 aliphatic heterocycles. The Balaban J connectivity index is -0.000000405. The van der Waals surface area contributed by atoms with E-state index in [1.165, 1.54) is 0 Å². The molecule has 0 radical (unpaired) electrons. The predicted molar refractivity (Wildman–Crippen MR) is 24.9 cm³/mol. The van der Waals surface area contributed by atoms with Gasteiger partial charge in [0.2, 0.25) is 0 Å². The Bertz CT molecular complexity index is 186. The zero-order valence-corrected chi connectivity index (χ0v) is 16.3. The van der Waals surface area contributed by atoms with E-state index in [0.717, 1.165) is 0 Å². The minimum Gasteiger partial charge on any atom is -0.809 e. The van der Waals surface area contributed by atoms with Crippen LogP contribution in [0.4, 0.5) is 0 Å². The van der Waals surface area contributed by atoms with Crippen molar-refractivity contribution in [3.8, 4) is 0 Å². The Hall–Kier alpha value is 2.43. The molecule has 0 heterocycles. The van der Waals surface area contributed by atoms with Gasteiger partial charge in [0.15, 0.2) is 0 Å². The molecule has 0 aromatic carbocycles. The first kappa shape index (κ1) is 19.9. The second kappa shape index (κ2) is 6.83. The SMILES string of the molecule is O=P([O-])([O-])C(Cl)P(=O)([O-])[O-].[Cd+2].[Cd+2]. The van der Waals surface area contributed by atoms with E-state index in [2.05, 4.69) is 11.6 Å². The van der Waals surface area contributed by atoms with E-state index in [0.29, 0.717) is 0 Å². The Labute approximate surface area is 114 Å². The number of rotatable bonds is 2. The summed E-state index contributed by atoms with van der Waals surface area (Å²) >= 11 is 4.46. The molecule has 0 spiro atoms. The Morgan fingerprint density at radius 1 is 0.917 bits per heavy atom. The third kappa shape index (κ3) is 7.80. The summed E-state index contributed by atoms with van der Waals surface area (Å²) in [6.45, 7) is 0. The summed E-state index contributed by atoms with van der Waals surface area (Å²) in [7, 11) is -11.0. The standard InChI is InChI=1S/CH5ClO6P2.2Cd/c2-1(9(3,4)5)10(6,7)8;;/h1H,(H2,3,4,5)(H2,6,7,8);;/q;2*+2/p-4. The summed E-state index contributed by atoms with van der Waals surface area (Å²) in [6, 6.07) is 0. The summed E-state index contributed by atoms with van der Waals surface area (Å²) in [6.07, 6.45) is 0. The third-order valence-electron chi connectivity index (χ3n) is 0.522. The van der Waals surface area contributed by atoms with Crippen LogP contribution in [0, 0.1) is 0 Å². The monoisotopic (exact) mass is 434 g/mol. The van der Waals surface area contributed by atoms with Crippen LogP contribution in [0.2, 0.25) is 0 Å². The van der Waals surface area contributed by atoms with Crippen LogP contribution in [0.25, 0.3) is 0 Å². The van der Waals surface area contributed by atoms with Crippen molar-refractivity contribution in [3.05, 3.63) is 0 Å². The van der Waals surface area contributed by atoms with Crippen molar-refractivity contribution in [1.29, 1.82) is 0 Å². The molecule has 0 bridgehead atoms. The van der Waals surface area contributed by atoms with Crippen molar-refractivity contribution in [3.63, 3.8) is 0 Å². The van der Waals surface area contributed by atoms with Crippen molar-refractivity contribution >= 4 is 26.8 Å². The van der Waals surface area contributed by atoms with Crippen LogP contribution >= 0.6 is 26.8 Å². The molecule has 0 aliphatic rings. The maximum absolute atomic E-state index is 9.75. The van der Waals surface area contributed by atoms with E-state index in [1.807, 2.05) is 0 Å². The van der Waals surface area contributed by atoms with E-state index < -0.39 is 20.1 Å². The van der Waals surface area contributed by atoms with E-state index in [9.17, 15) is 28.7 Å². The summed E-state index contributed by atoms with van der Waals surface area (Å²) in [5, 5.41) is 0. The molecule has 6 nitrogen and oxygen atoms in total. The van der Waals surface area contributed by atoms with Gasteiger partial charge < -0.3 is 28.7 Å². The molecule has 0 rings (SSSR count). The molecular formula is CHCd2ClO6P2.